The maximum Gasteiger partial charge on any atom is 0.146 e. The summed E-state index contributed by atoms with van der Waals surface area (Å²) in [4.78, 5) is 12.7. The third-order valence-electron chi connectivity index (χ3n) is 2.37. The summed E-state index contributed by atoms with van der Waals surface area (Å²) < 4.78 is 0. The number of likely N-dealkylation sites (N-methyl/N-ethyl adjacent to an activating group) is 1. The Labute approximate surface area is 73.6 Å². The molecule has 0 heterocycles. The number of aldehydes is 1. The maximum atomic E-state index is 10.6. The Kier molecular flexibility index (Phi) is 2.82. The molecule has 66 valence electrons. The van der Waals surface area contributed by atoms with E-state index >= 15 is 0 Å². The molecule has 0 aromatic rings. The molecule has 0 amide bonds. The molecule has 12 heavy (non-hydrogen) atoms. The molecule has 0 spiro atoms. The molecule has 0 saturated heterocycles. The molecule has 1 rings (SSSR count). The average Bonchev–Trinajstić information content (AvgIpc) is 2.49. The van der Waals surface area contributed by atoms with Crippen LogP contribution in [0.1, 0.15) is 13.3 Å². The van der Waals surface area contributed by atoms with Gasteiger partial charge in [-0.3, -0.25) is 4.79 Å². The molecule has 0 aromatic carbocycles. The minimum atomic E-state index is 0.337. The molecular weight excluding hydrogens is 150 g/mol. The van der Waals surface area contributed by atoms with E-state index < -0.39 is 0 Å². The minimum absolute atomic E-state index is 0.337. The van der Waals surface area contributed by atoms with Gasteiger partial charge in [0.05, 0.1) is 0 Å². The zero-order valence-electron chi connectivity index (χ0n) is 7.87. The standard InChI is InChI=1S/C10H15NO/c1-8(11(2)3)10-6-4-5-9(10)7-12/h4,6-8H,5H2,1-3H3/t8-/m1/s1. The van der Waals surface area contributed by atoms with Crippen molar-refractivity contribution in [3.8, 4) is 0 Å². The highest BCUT2D eigenvalue weighted by atomic mass is 16.1. The SMILES string of the molecule is C[C@H](C1=C(C=O)CC=C1)N(C)C. The van der Waals surface area contributed by atoms with E-state index in [0.29, 0.717) is 6.04 Å². The molecule has 0 radical (unpaired) electrons. The molecular formula is C10H15NO. The van der Waals surface area contributed by atoms with Crippen molar-refractivity contribution in [2.24, 2.45) is 0 Å². The smallest absolute Gasteiger partial charge is 0.146 e. The van der Waals surface area contributed by atoms with E-state index in [1.54, 1.807) is 0 Å². The highest BCUT2D eigenvalue weighted by Gasteiger charge is 2.15. The third kappa shape index (κ3) is 1.64. The van der Waals surface area contributed by atoms with Crippen LogP contribution in [0.5, 0.6) is 0 Å². The predicted molar refractivity (Wildman–Crippen MR) is 50.0 cm³/mol. The van der Waals surface area contributed by atoms with Gasteiger partial charge < -0.3 is 4.90 Å². The summed E-state index contributed by atoms with van der Waals surface area (Å²) in [5, 5.41) is 0. The first-order valence-corrected chi connectivity index (χ1v) is 4.18. The normalized spacial score (nSPS) is 19.0. The molecule has 0 fully saturated rings. The number of carbonyl (C=O) groups excluding carboxylic acids is 1. The van der Waals surface area contributed by atoms with Gasteiger partial charge in [-0.2, -0.15) is 0 Å². The van der Waals surface area contributed by atoms with Crippen LogP contribution in [-0.2, 0) is 4.79 Å². The van der Waals surface area contributed by atoms with Gasteiger partial charge in [-0.05, 0) is 33.0 Å². The molecule has 0 aromatic heterocycles. The van der Waals surface area contributed by atoms with Crippen molar-refractivity contribution in [2.45, 2.75) is 19.4 Å². The van der Waals surface area contributed by atoms with Gasteiger partial charge in [0.1, 0.15) is 6.29 Å². The zero-order valence-corrected chi connectivity index (χ0v) is 7.87. The van der Waals surface area contributed by atoms with Gasteiger partial charge in [-0.15, -0.1) is 0 Å². The second-order valence-corrected chi connectivity index (χ2v) is 3.34. The van der Waals surface area contributed by atoms with Crippen molar-refractivity contribution in [3.63, 3.8) is 0 Å². The van der Waals surface area contributed by atoms with E-state index in [2.05, 4.69) is 17.9 Å². The fourth-order valence-corrected chi connectivity index (χ4v) is 1.34. The Morgan fingerprint density at radius 1 is 1.58 bits per heavy atom. The number of carbonyl (C=O) groups is 1. The summed E-state index contributed by atoms with van der Waals surface area (Å²) in [6.45, 7) is 2.11. The second kappa shape index (κ2) is 3.68. The van der Waals surface area contributed by atoms with Gasteiger partial charge in [-0.1, -0.05) is 12.2 Å². The Bertz CT molecular complexity index is 238. The highest BCUT2D eigenvalue weighted by molar-refractivity contribution is 5.78. The molecule has 1 atom stereocenters. The first-order chi connectivity index (χ1) is 5.66. The maximum absolute atomic E-state index is 10.6. The van der Waals surface area contributed by atoms with Crippen LogP contribution in [0.15, 0.2) is 23.3 Å². The summed E-state index contributed by atoms with van der Waals surface area (Å²) >= 11 is 0. The van der Waals surface area contributed by atoms with Crippen molar-refractivity contribution in [1.82, 2.24) is 4.90 Å². The summed E-state index contributed by atoms with van der Waals surface area (Å²) in [7, 11) is 4.04. The summed E-state index contributed by atoms with van der Waals surface area (Å²) in [5.74, 6) is 0. The molecule has 2 heteroatoms. The Morgan fingerprint density at radius 2 is 2.25 bits per heavy atom. The number of hydrogen-bond donors (Lipinski definition) is 0. The number of allylic oxidation sites excluding steroid dienone is 2. The van der Waals surface area contributed by atoms with Crippen molar-refractivity contribution in [1.29, 1.82) is 0 Å². The lowest BCUT2D eigenvalue weighted by Crippen LogP contribution is -2.26. The third-order valence-corrected chi connectivity index (χ3v) is 2.37. The Hall–Kier alpha value is -0.890. The predicted octanol–water partition coefficient (Wildman–Crippen LogP) is 1.39. The number of nitrogens with zero attached hydrogens (tertiary/aromatic N) is 1. The average molecular weight is 165 g/mol. The molecule has 0 aliphatic heterocycles. The van der Waals surface area contributed by atoms with Gasteiger partial charge in [0.2, 0.25) is 0 Å². The lowest BCUT2D eigenvalue weighted by molar-refractivity contribution is -0.105. The van der Waals surface area contributed by atoms with Crippen LogP contribution in [0.4, 0.5) is 0 Å². The van der Waals surface area contributed by atoms with Gasteiger partial charge in [0.25, 0.3) is 0 Å². The molecule has 1 aliphatic rings. The first kappa shape index (κ1) is 9.20. The molecule has 1 aliphatic carbocycles. The number of hydrogen-bond acceptors (Lipinski definition) is 2. The molecule has 0 N–H and O–H groups in total. The van der Waals surface area contributed by atoms with Crippen molar-refractivity contribution in [3.05, 3.63) is 23.3 Å². The zero-order chi connectivity index (χ0) is 9.14. The van der Waals surface area contributed by atoms with Gasteiger partial charge >= 0.3 is 0 Å². The topological polar surface area (TPSA) is 20.3 Å². The second-order valence-electron chi connectivity index (χ2n) is 3.34. The van der Waals surface area contributed by atoms with E-state index in [9.17, 15) is 4.79 Å². The van der Waals surface area contributed by atoms with Crippen LogP contribution in [0.2, 0.25) is 0 Å². The van der Waals surface area contributed by atoms with Gasteiger partial charge in [0.15, 0.2) is 0 Å². The monoisotopic (exact) mass is 165 g/mol. The molecule has 2 nitrogen and oxygen atoms in total. The van der Waals surface area contributed by atoms with E-state index in [4.69, 9.17) is 0 Å². The van der Waals surface area contributed by atoms with Crippen LogP contribution in [0.25, 0.3) is 0 Å². The molecule has 0 unspecified atom stereocenters. The van der Waals surface area contributed by atoms with Crippen molar-refractivity contribution in [2.75, 3.05) is 14.1 Å². The van der Waals surface area contributed by atoms with Crippen LogP contribution in [0.3, 0.4) is 0 Å². The van der Waals surface area contributed by atoms with Gasteiger partial charge in [0, 0.05) is 11.6 Å². The van der Waals surface area contributed by atoms with Crippen LogP contribution < -0.4 is 0 Å². The lowest BCUT2D eigenvalue weighted by atomic mass is 10.1. The Morgan fingerprint density at radius 3 is 2.75 bits per heavy atom. The fourth-order valence-electron chi connectivity index (χ4n) is 1.34. The van der Waals surface area contributed by atoms with E-state index in [1.807, 2.05) is 20.2 Å². The van der Waals surface area contributed by atoms with Crippen LogP contribution in [-0.4, -0.2) is 31.3 Å². The summed E-state index contributed by atoms with van der Waals surface area (Å²) in [6, 6.07) is 0.337. The van der Waals surface area contributed by atoms with Crippen LogP contribution in [0, 0.1) is 0 Å². The van der Waals surface area contributed by atoms with E-state index in [-0.39, 0.29) is 0 Å². The largest absolute Gasteiger partial charge is 0.303 e. The molecule has 0 saturated carbocycles. The van der Waals surface area contributed by atoms with Crippen LogP contribution >= 0.6 is 0 Å². The summed E-state index contributed by atoms with van der Waals surface area (Å²) in [6.07, 6.45) is 5.86. The number of rotatable bonds is 3. The van der Waals surface area contributed by atoms with Gasteiger partial charge in [-0.25, -0.2) is 0 Å². The fraction of sp³-hybridized carbons (Fsp3) is 0.500. The first-order valence-electron chi connectivity index (χ1n) is 4.18. The van der Waals surface area contributed by atoms with E-state index in [1.165, 1.54) is 0 Å². The van der Waals surface area contributed by atoms with Crippen molar-refractivity contribution >= 4 is 6.29 Å². The Balaban J connectivity index is 2.84. The van der Waals surface area contributed by atoms with Crippen molar-refractivity contribution < 1.29 is 4.79 Å². The van der Waals surface area contributed by atoms with E-state index in [0.717, 1.165) is 23.9 Å². The lowest BCUT2D eigenvalue weighted by Gasteiger charge is -2.20. The minimum Gasteiger partial charge on any atom is -0.303 e. The summed E-state index contributed by atoms with van der Waals surface area (Å²) in [5.41, 5.74) is 2.09. The molecule has 0 bridgehead atoms. The highest BCUT2D eigenvalue weighted by Crippen LogP contribution is 2.21. The quantitative estimate of drug-likeness (QED) is 0.589.